The Morgan fingerprint density at radius 1 is 1.22 bits per heavy atom. The van der Waals surface area contributed by atoms with E-state index >= 15 is 0 Å². The molecule has 2 amide bonds. The largest absolute Gasteiger partial charge is 1.00 e. The van der Waals surface area contributed by atoms with Crippen LogP contribution in [-0.2, 0) is 16.0 Å². The highest BCUT2D eigenvalue weighted by molar-refractivity contribution is 5.97. The molecule has 1 saturated heterocycles. The number of rotatable bonds is 6. The van der Waals surface area contributed by atoms with Gasteiger partial charge in [-0.2, -0.15) is 0 Å². The number of piperidine rings is 1. The van der Waals surface area contributed by atoms with Crippen molar-refractivity contribution >= 4 is 11.8 Å². The van der Waals surface area contributed by atoms with Gasteiger partial charge in [0.2, 0.25) is 11.8 Å². The third-order valence-corrected chi connectivity index (χ3v) is 4.18. The maximum Gasteiger partial charge on any atom is 0.226 e. The van der Waals surface area contributed by atoms with Crippen molar-refractivity contribution in [2.45, 2.75) is 45.3 Å². The van der Waals surface area contributed by atoms with Crippen LogP contribution in [0.3, 0.4) is 0 Å². The smallest absolute Gasteiger partial charge is 0.226 e. The first-order valence-corrected chi connectivity index (χ1v) is 7.83. The van der Waals surface area contributed by atoms with Crippen LogP contribution in [0.15, 0.2) is 24.3 Å². The lowest BCUT2D eigenvalue weighted by Crippen LogP contribution is -3.00. The first-order chi connectivity index (χ1) is 10.4. The predicted octanol–water partition coefficient (Wildman–Crippen LogP) is -3.09. The lowest BCUT2D eigenvalue weighted by atomic mass is 9.91. The first-order valence-electron chi connectivity index (χ1n) is 7.83. The molecular weight excluding hydrogens is 316 g/mol. The van der Waals surface area contributed by atoms with Crippen molar-refractivity contribution in [3.8, 4) is 0 Å². The number of amides is 2. The van der Waals surface area contributed by atoms with Crippen molar-refractivity contribution in [2.24, 2.45) is 5.92 Å². The van der Waals surface area contributed by atoms with Gasteiger partial charge in [-0.3, -0.25) is 14.9 Å². The van der Waals surface area contributed by atoms with Crippen LogP contribution in [0.4, 0.5) is 0 Å². The fourth-order valence-corrected chi connectivity index (χ4v) is 2.82. The monoisotopic (exact) mass is 340 g/mol. The van der Waals surface area contributed by atoms with Gasteiger partial charge in [0.05, 0.1) is 6.04 Å². The molecule has 1 aromatic rings. The molecule has 6 heteroatoms. The van der Waals surface area contributed by atoms with Gasteiger partial charge >= 0.3 is 0 Å². The number of aryl methyl sites for hydroxylation is 1. The maximum atomic E-state index is 11.3. The van der Waals surface area contributed by atoms with E-state index in [1.807, 2.05) is 0 Å². The van der Waals surface area contributed by atoms with E-state index in [2.05, 4.69) is 48.7 Å². The summed E-state index contributed by atoms with van der Waals surface area (Å²) in [6.45, 7) is 4.70. The molecule has 4 N–H and O–H groups in total. The van der Waals surface area contributed by atoms with Gasteiger partial charge in [0.25, 0.3) is 0 Å². The number of imide groups is 1. The fourth-order valence-electron chi connectivity index (χ4n) is 2.82. The maximum absolute atomic E-state index is 11.3. The molecule has 5 nitrogen and oxygen atoms in total. The number of nitrogens with one attached hydrogen (secondary N) is 1. The van der Waals surface area contributed by atoms with Crippen LogP contribution in [0.1, 0.15) is 30.9 Å². The number of benzene rings is 1. The van der Waals surface area contributed by atoms with Crippen LogP contribution < -0.4 is 23.0 Å². The summed E-state index contributed by atoms with van der Waals surface area (Å²) >= 11 is 0. The summed E-state index contributed by atoms with van der Waals surface area (Å²) < 4.78 is 0. The van der Waals surface area contributed by atoms with E-state index in [1.54, 1.807) is 0 Å². The van der Waals surface area contributed by atoms with Crippen molar-refractivity contribution in [2.75, 3.05) is 6.54 Å². The number of quaternary nitrogens is 1. The lowest BCUT2D eigenvalue weighted by molar-refractivity contribution is -0.692. The Kier molecular flexibility index (Phi) is 7.68. The Balaban J connectivity index is 0.00000264. The normalized spacial score (nSPS) is 18.0. The Bertz CT molecular complexity index is 517. The fraction of sp³-hybridized carbons (Fsp3) is 0.529. The number of halogens is 1. The summed E-state index contributed by atoms with van der Waals surface area (Å²) in [4.78, 5) is 22.7. The Labute approximate surface area is 143 Å². The molecule has 128 valence electrons. The van der Waals surface area contributed by atoms with Crippen molar-refractivity contribution in [1.29, 1.82) is 0 Å². The summed E-state index contributed by atoms with van der Waals surface area (Å²) in [6.07, 6.45) is 0.757. The topological polar surface area (TPSA) is 83.0 Å². The molecule has 0 spiro atoms. The van der Waals surface area contributed by atoms with Gasteiger partial charge in [0.1, 0.15) is 12.6 Å². The minimum Gasteiger partial charge on any atom is -1.00 e. The molecule has 1 heterocycles. The van der Waals surface area contributed by atoms with Crippen LogP contribution in [0, 0.1) is 12.8 Å². The minimum atomic E-state index is -0.629. The molecular formula is C17H25ClN2O3. The molecule has 1 aliphatic heterocycles. The Morgan fingerprint density at radius 2 is 1.78 bits per heavy atom. The number of nitrogens with two attached hydrogens (primary N) is 1. The second kappa shape index (κ2) is 9.01. The molecule has 0 bridgehead atoms. The molecule has 2 unspecified atom stereocenters. The van der Waals surface area contributed by atoms with Gasteiger partial charge in [-0.15, -0.1) is 0 Å². The number of carbonyl (C=O) groups excluding carboxylic acids is 2. The third kappa shape index (κ3) is 6.29. The van der Waals surface area contributed by atoms with Gasteiger partial charge in [0.15, 0.2) is 0 Å². The van der Waals surface area contributed by atoms with Crippen LogP contribution in [0.5, 0.6) is 0 Å². The quantitative estimate of drug-likeness (QED) is 0.480. The third-order valence-electron chi connectivity index (χ3n) is 4.18. The number of hydrogen-bond donors (Lipinski definition) is 3. The first kappa shape index (κ1) is 19.6. The van der Waals surface area contributed by atoms with E-state index in [4.69, 9.17) is 0 Å². The Hall–Kier alpha value is -1.43. The van der Waals surface area contributed by atoms with Gasteiger partial charge in [-0.25, -0.2) is 0 Å². The van der Waals surface area contributed by atoms with Crippen molar-refractivity contribution < 1.29 is 32.4 Å². The van der Waals surface area contributed by atoms with E-state index in [9.17, 15) is 14.7 Å². The molecule has 0 aromatic heterocycles. The van der Waals surface area contributed by atoms with Crippen LogP contribution >= 0.6 is 0 Å². The molecule has 0 aliphatic carbocycles. The standard InChI is InChI=1S/C17H24N2O3.ClH/c1-11-3-5-13(6-4-11)7-12(2)18-10-15(20)14-8-16(21)19-17(22)9-14;/h3-6,12,14-15,18,20H,7-10H2,1-2H3,(H,19,21,22);1H. The molecule has 1 aliphatic rings. The highest BCUT2D eigenvalue weighted by Crippen LogP contribution is 2.17. The zero-order valence-electron chi connectivity index (χ0n) is 13.6. The number of carbonyl (C=O) groups is 2. The molecule has 2 rings (SSSR count). The van der Waals surface area contributed by atoms with E-state index < -0.39 is 6.10 Å². The number of hydrogen-bond acceptors (Lipinski definition) is 3. The van der Waals surface area contributed by atoms with Gasteiger partial charge < -0.3 is 22.8 Å². The second-order valence-corrected chi connectivity index (χ2v) is 6.35. The highest BCUT2D eigenvalue weighted by atomic mass is 35.5. The highest BCUT2D eigenvalue weighted by Gasteiger charge is 2.31. The van der Waals surface area contributed by atoms with Crippen LogP contribution in [0.2, 0.25) is 0 Å². The molecule has 1 aromatic carbocycles. The molecule has 0 radical (unpaired) electrons. The molecule has 23 heavy (non-hydrogen) atoms. The van der Waals surface area contributed by atoms with Gasteiger partial charge in [-0.05, 0) is 19.4 Å². The Morgan fingerprint density at radius 3 is 2.35 bits per heavy atom. The zero-order valence-corrected chi connectivity index (χ0v) is 14.3. The SMILES string of the molecule is Cc1ccc(CC(C)[NH2+]CC(O)C2CC(=O)NC(=O)C2)cc1.[Cl-]. The van der Waals surface area contributed by atoms with E-state index in [1.165, 1.54) is 11.1 Å². The summed E-state index contributed by atoms with van der Waals surface area (Å²) in [5, 5.41) is 14.5. The lowest BCUT2D eigenvalue weighted by Gasteiger charge is -2.25. The molecule has 2 atom stereocenters. The van der Waals surface area contributed by atoms with E-state index in [0.29, 0.717) is 12.6 Å². The van der Waals surface area contributed by atoms with Crippen molar-refractivity contribution in [3.63, 3.8) is 0 Å². The summed E-state index contributed by atoms with van der Waals surface area (Å²) in [7, 11) is 0. The average Bonchev–Trinajstić information content (AvgIpc) is 2.46. The van der Waals surface area contributed by atoms with E-state index in [0.717, 1.165) is 6.42 Å². The van der Waals surface area contributed by atoms with Crippen LogP contribution in [-0.4, -0.2) is 35.6 Å². The van der Waals surface area contributed by atoms with Crippen molar-refractivity contribution in [3.05, 3.63) is 35.4 Å². The summed E-state index contributed by atoms with van der Waals surface area (Å²) in [5.74, 6) is -0.829. The summed E-state index contributed by atoms with van der Waals surface area (Å²) in [6, 6.07) is 8.79. The van der Waals surface area contributed by atoms with Crippen LogP contribution in [0.25, 0.3) is 0 Å². The number of aliphatic hydroxyl groups excluding tert-OH is 1. The van der Waals surface area contributed by atoms with Crippen molar-refractivity contribution in [1.82, 2.24) is 5.32 Å². The van der Waals surface area contributed by atoms with E-state index in [-0.39, 0.29) is 43.0 Å². The predicted molar refractivity (Wildman–Crippen MR) is 83.0 cm³/mol. The average molecular weight is 341 g/mol. The van der Waals surface area contributed by atoms with Gasteiger partial charge in [-0.1, -0.05) is 29.8 Å². The molecule has 0 saturated carbocycles. The molecule has 1 fully saturated rings. The van der Waals surface area contributed by atoms with Gasteiger partial charge in [0, 0.05) is 25.2 Å². The zero-order chi connectivity index (χ0) is 16.1. The minimum absolute atomic E-state index is 0. The second-order valence-electron chi connectivity index (χ2n) is 6.35. The number of aliphatic hydroxyl groups is 1. The summed E-state index contributed by atoms with van der Waals surface area (Å²) in [5.41, 5.74) is 2.52.